The predicted octanol–water partition coefficient (Wildman–Crippen LogP) is 2.76. The molecule has 1 amide bonds. The van der Waals surface area contributed by atoms with Gasteiger partial charge in [-0.25, -0.2) is 0 Å². The van der Waals surface area contributed by atoms with Crippen LogP contribution in [0.1, 0.15) is 38.7 Å². The average molecular weight is 263 g/mol. The fourth-order valence-corrected chi connectivity index (χ4v) is 2.18. The number of anilines is 1. The van der Waals surface area contributed by atoms with Gasteiger partial charge in [0.2, 0.25) is 5.91 Å². The van der Waals surface area contributed by atoms with Gasteiger partial charge in [-0.15, -0.1) is 0 Å². The molecule has 0 bridgehead atoms. The largest absolute Gasteiger partial charge is 0.494 e. The standard InChI is InChI=1S/C13H15NO3.C2H6/c1-3-17-9-4-5-12-11(8-9)10(6-7-15)13(16)14(12)2;1-2/h4-5,7-8,10H,3,6H2,1-2H3;1-2H3. The number of nitrogens with zero attached hydrogens (tertiary/aromatic N) is 1. The molecule has 104 valence electrons. The zero-order valence-electron chi connectivity index (χ0n) is 12.0. The van der Waals surface area contributed by atoms with E-state index >= 15 is 0 Å². The molecule has 0 N–H and O–H groups in total. The second-order valence-corrected chi connectivity index (χ2v) is 4.01. The average Bonchev–Trinajstić information content (AvgIpc) is 2.67. The van der Waals surface area contributed by atoms with Crippen LogP contribution in [0.25, 0.3) is 0 Å². The second-order valence-electron chi connectivity index (χ2n) is 4.01. The number of carbonyl (C=O) groups excluding carboxylic acids is 2. The third kappa shape index (κ3) is 2.95. The van der Waals surface area contributed by atoms with Gasteiger partial charge in [0.25, 0.3) is 0 Å². The van der Waals surface area contributed by atoms with E-state index in [-0.39, 0.29) is 18.2 Å². The maximum Gasteiger partial charge on any atom is 0.234 e. The van der Waals surface area contributed by atoms with Gasteiger partial charge in [-0.05, 0) is 30.7 Å². The van der Waals surface area contributed by atoms with E-state index in [0.717, 1.165) is 23.3 Å². The lowest BCUT2D eigenvalue weighted by atomic mass is 9.98. The Kier molecular flexibility index (Phi) is 5.55. The molecule has 0 fully saturated rings. The maximum absolute atomic E-state index is 11.9. The SMILES string of the molecule is CC.CCOc1ccc2c(c1)C(CC=O)C(=O)N2C. The summed E-state index contributed by atoms with van der Waals surface area (Å²) in [5, 5.41) is 0. The third-order valence-corrected chi connectivity index (χ3v) is 3.01. The summed E-state index contributed by atoms with van der Waals surface area (Å²) in [6.07, 6.45) is 1.02. The molecule has 4 nitrogen and oxygen atoms in total. The highest BCUT2D eigenvalue weighted by molar-refractivity contribution is 6.05. The number of benzene rings is 1. The van der Waals surface area contributed by atoms with Gasteiger partial charge in [0.1, 0.15) is 12.0 Å². The Morgan fingerprint density at radius 3 is 2.63 bits per heavy atom. The Morgan fingerprint density at radius 2 is 2.05 bits per heavy atom. The maximum atomic E-state index is 11.9. The van der Waals surface area contributed by atoms with Gasteiger partial charge in [0, 0.05) is 19.2 Å². The van der Waals surface area contributed by atoms with E-state index in [1.807, 2.05) is 39.0 Å². The van der Waals surface area contributed by atoms with Gasteiger partial charge in [-0.2, -0.15) is 0 Å². The molecule has 1 aliphatic rings. The molecule has 0 radical (unpaired) electrons. The number of carbonyl (C=O) groups is 2. The van der Waals surface area contributed by atoms with Crippen LogP contribution >= 0.6 is 0 Å². The molecule has 0 saturated heterocycles. The smallest absolute Gasteiger partial charge is 0.234 e. The first-order valence-electron chi connectivity index (χ1n) is 6.67. The summed E-state index contributed by atoms with van der Waals surface area (Å²) in [4.78, 5) is 24.2. The fraction of sp³-hybridized carbons (Fsp3) is 0.467. The number of fused-ring (bicyclic) bond motifs is 1. The molecule has 0 aliphatic carbocycles. The zero-order valence-corrected chi connectivity index (χ0v) is 12.0. The van der Waals surface area contributed by atoms with Crippen molar-refractivity contribution in [1.29, 1.82) is 0 Å². The van der Waals surface area contributed by atoms with E-state index in [4.69, 9.17) is 4.74 Å². The molecule has 0 spiro atoms. The normalized spacial score (nSPS) is 16.5. The molecular formula is C15H21NO3. The van der Waals surface area contributed by atoms with Crippen molar-refractivity contribution >= 4 is 17.9 Å². The molecule has 0 aromatic heterocycles. The third-order valence-electron chi connectivity index (χ3n) is 3.01. The van der Waals surface area contributed by atoms with E-state index in [0.29, 0.717) is 6.61 Å². The van der Waals surface area contributed by atoms with Crippen molar-refractivity contribution in [3.63, 3.8) is 0 Å². The van der Waals surface area contributed by atoms with Crippen LogP contribution in [0.3, 0.4) is 0 Å². The number of rotatable bonds is 4. The highest BCUT2D eigenvalue weighted by Crippen LogP contribution is 2.39. The van der Waals surface area contributed by atoms with Gasteiger partial charge in [0.15, 0.2) is 0 Å². The van der Waals surface area contributed by atoms with Crippen molar-refractivity contribution in [1.82, 2.24) is 0 Å². The summed E-state index contributed by atoms with van der Waals surface area (Å²) < 4.78 is 5.41. The lowest BCUT2D eigenvalue weighted by molar-refractivity contribution is -0.121. The van der Waals surface area contributed by atoms with Crippen LogP contribution in [0.5, 0.6) is 5.75 Å². The number of amides is 1. The number of hydrogen-bond donors (Lipinski definition) is 0. The van der Waals surface area contributed by atoms with Gasteiger partial charge >= 0.3 is 0 Å². The first-order chi connectivity index (χ1) is 9.19. The molecule has 4 heteroatoms. The van der Waals surface area contributed by atoms with Crippen LogP contribution in [0.2, 0.25) is 0 Å². The van der Waals surface area contributed by atoms with Crippen molar-refractivity contribution < 1.29 is 14.3 Å². The summed E-state index contributed by atoms with van der Waals surface area (Å²) in [7, 11) is 1.73. The molecule has 1 aromatic carbocycles. The van der Waals surface area contributed by atoms with Crippen molar-refractivity contribution in [2.45, 2.75) is 33.1 Å². The minimum atomic E-state index is -0.354. The molecule has 1 atom stereocenters. The molecule has 1 aliphatic heterocycles. The van der Waals surface area contributed by atoms with E-state index in [1.54, 1.807) is 11.9 Å². The second kappa shape index (κ2) is 6.92. The summed E-state index contributed by atoms with van der Waals surface area (Å²) in [5.74, 6) is 0.360. The monoisotopic (exact) mass is 263 g/mol. The molecule has 0 saturated carbocycles. The van der Waals surface area contributed by atoms with Crippen LogP contribution in [-0.4, -0.2) is 25.8 Å². The molecule has 19 heavy (non-hydrogen) atoms. The Balaban J connectivity index is 0.000000861. The van der Waals surface area contributed by atoms with Gasteiger partial charge in [-0.3, -0.25) is 4.79 Å². The summed E-state index contributed by atoms with van der Waals surface area (Å²) in [5.41, 5.74) is 1.75. The van der Waals surface area contributed by atoms with Crippen LogP contribution in [-0.2, 0) is 9.59 Å². The van der Waals surface area contributed by atoms with Crippen LogP contribution in [0.4, 0.5) is 5.69 Å². The molecular weight excluding hydrogens is 242 g/mol. The number of likely N-dealkylation sites (N-methyl/N-ethyl adjacent to an activating group) is 1. The van der Waals surface area contributed by atoms with Crippen molar-refractivity contribution in [2.24, 2.45) is 0 Å². The summed E-state index contributed by atoms with van der Waals surface area (Å²) in [6, 6.07) is 5.56. The molecule has 1 aromatic rings. The molecule has 1 unspecified atom stereocenters. The van der Waals surface area contributed by atoms with E-state index < -0.39 is 0 Å². The molecule has 2 rings (SSSR count). The van der Waals surface area contributed by atoms with Gasteiger partial charge in [0.05, 0.1) is 12.5 Å². The highest BCUT2D eigenvalue weighted by atomic mass is 16.5. The zero-order chi connectivity index (χ0) is 14.4. The van der Waals surface area contributed by atoms with Crippen molar-refractivity contribution in [3.8, 4) is 5.75 Å². The number of ether oxygens (including phenoxy) is 1. The first-order valence-corrected chi connectivity index (χ1v) is 6.67. The summed E-state index contributed by atoms with van der Waals surface area (Å²) >= 11 is 0. The fourth-order valence-electron chi connectivity index (χ4n) is 2.18. The first kappa shape index (κ1) is 15.2. The Morgan fingerprint density at radius 1 is 1.37 bits per heavy atom. The minimum Gasteiger partial charge on any atom is -0.494 e. The quantitative estimate of drug-likeness (QED) is 0.785. The highest BCUT2D eigenvalue weighted by Gasteiger charge is 2.34. The van der Waals surface area contributed by atoms with E-state index in [1.165, 1.54) is 0 Å². The van der Waals surface area contributed by atoms with E-state index in [9.17, 15) is 9.59 Å². The van der Waals surface area contributed by atoms with Crippen molar-refractivity contribution in [2.75, 3.05) is 18.6 Å². The lowest BCUT2D eigenvalue weighted by Crippen LogP contribution is -2.24. The van der Waals surface area contributed by atoms with Gasteiger partial charge < -0.3 is 14.4 Å². The van der Waals surface area contributed by atoms with E-state index in [2.05, 4.69) is 0 Å². The Hall–Kier alpha value is -1.84. The van der Waals surface area contributed by atoms with Gasteiger partial charge in [-0.1, -0.05) is 13.8 Å². The Labute approximate surface area is 114 Å². The van der Waals surface area contributed by atoms with Crippen LogP contribution in [0.15, 0.2) is 18.2 Å². The predicted molar refractivity (Wildman–Crippen MR) is 75.8 cm³/mol. The Bertz CT molecular complexity index is 457. The summed E-state index contributed by atoms with van der Waals surface area (Å²) in [6.45, 7) is 6.49. The lowest BCUT2D eigenvalue weighted by Gasteiger charge is -2.10. The minimum absolute atomic E-state index is 0.0271. The van der Waals surface area contributed by atoms with Crippen LogP contribution < -0.4 is 9.64 Å². The van der Waals surface area contributed by atoms with Crippen molar-refractivity contribution in [3.05, 3.63) is 23.8 Å². The molecule has 1 heterocycles. The topological polar surface area (TPSA) is 46.6 Å². The number of hydrogen-bond acceptors (Lipinski definition) is 3. The van der Waals surface area contributed by atoms with Crippen LogP contribution in [0, 0.1) is 0 Å². The number of aldehydes is 1.